The van der Waals surface area contributed by atoms with Crippen molar-refractivity contribution in [3.8, 4) is 5.88 Å². The van der Waals surface area contributed by atoms with Gasteiger partial charge in [-0.15, -0.1) is 0 Å². The Morgan fingerprint density at radius 3 is 2.23 bits per heavy atom. The Balaban J connectivity index is 1.37. The topological polar surface area (TPSA) is 106 Å². The molecule has 2 aromatic heterocycles. The van der Waals surface area contributed by atoms with Crippen molar-refractivity contribution in [1.82, 2.24) is 25.6 Å². The molecular formula is C23H27N5O3. The fraction of sp³-hybridized carbons (Fsp3) is 0.522. The highest BCUT2D eigenvalue weighted by Crippen LogP contribution is 2.57. The van der Waals surface area contributed by atoms with E-state index in [4.69, 9.17) is 4.74 Å². The van der Waals surface area contributed by atoms with Crippen molar-refractivity contribution in [3.05, 3.63) is 47.7 Å². The molecular weight excluding hydrogens is 394 g/mol. The molecule has 0 aliphatic heterocycles. The predicted octanol–water partition coefficient (Wildman–Crippen LogP) is 2.44. The molecule has 0 spiro atoms. The van der Waals surface area contributed by atoms with Gasteiger partial charge in [-0.2, -0.15) is 0 Å². The molecule has 2 unspecified atom stereocenters. The molecule has 4 saturated carbocycles. The van der Waals surface area contributed by atoms with Gasteiger partial charge in [-0.25, -0.2) is 9.97 Å². The maximum atomic E-state index is 13.0. The molecule has 2 amide bonds. The lowest BCUT2D eigenvalue weighted by molar-refractivity contribution is -0.0449. The summed E-state index contributed by atoms with van der Waals surface area (Å²) in [6, 6.07) is 5.19. The van der Waals surface area contributed by atoms with Crippen molar-refractivity contribution in [1.29, 1.82) is 0 Å². The van der Waals surface area contributed by atoms with Gasteiger partial charge >= 0.3 is 0 Å². The lowest BCUT2D eigenvalue weighted by Gasteiger charge is -2.62. The zero-order chi connectivity index (χ0) is 21.6. The molecule has 2 N–H and O–H groups in total. The van der Waals surface area contributed by atoms with Gasteiger partial charge in [-0.1, -0.05) is 6.07 Å². The standard InChI is InChI=1S/C23H27N5O3/c1-14-11-24-12-18(25-14)21(30)28-23-9-15-6-16(10-23)8-22(7-15,13-23)27-20(29)17-4-3-5-19(26-17)31-2/h3-5,11-12,15-16H,6-10,13H2,1-2H3,(H,27,29)(H,28,30). The minimum atomic E-state index is -0.322. The molecule has 162 valence electrons. The summed E-state index contributed by atoms with van der Waals surface area (Å²) in [6.45, 7) is 1.83. The van der Waals surface area contributed by atoms with Crippen LogP contribution in [0.5, 0.6) is 5.88 Å². The normalized spacial score (nSPS) is 30.6. The Kier molecular flexibility index (Phi) is 4.68. The summed E-state index contributed by atoms with van der Waals surface area (Å²) in [5, 5.41) is 6.60. The van der Waals surface area contributed by atoms with Crippen LogP contribution in [0.1, 0.15) is 65.2 Å². The van der Waals surface area contributed by atoms with E-state index in [2.05, 4.69) is 25.6 Å². The van der Waals surface area contributed by atoms with Crippen LogP contribution in [0.3, 0.4) is 0 Å². The van der Waals surface area contributed by atoms with Gasteiger partial charge in [0.25, 0.3) is 11.8 Å². The highest BCUT2D eigenvalue weighted by Gasteiger charge is 2.58. The molecule has 0 saturated heterocycles. The van der Waals surface area contributed by atoms with Crippen LogP contribution >= 0.6 is 0 Å². The van der Waals surface area contributed by atoms with Gasteiger partial charge in [-0.05, 0) is 63.4 Å². The molecule has 2 heterocycles. The number of amides is 2. The van der Waals surface area contributed by atoms with Crippen molar-refractivity contribution in [2.45, 2.75) is 56.5 Å². The summed E-state index contributed by atoms with van der Waals surface area (Å²) >= 11 is 0. The number of nitrogens with one attached hydrogen (secondary N) is 2. The molecule has 2 aromatic rings. The van der Waals surface area contributed by atoms with Crippen molar-refractivity contribution in [3.63, 3.8) is 0 Å². The van der Waals surface area contributed by atoms with Gasteiger partial charge in [0, 0.05) is 23.3 Å². The van der Waals surface area contributed by atoms with Gasteiger partial charge in [0.2, 0.25) is 5.88 Å². The van der Waals surface area contributed by atoms with E-state index in [0.717, 1.165) is 38.5 Å². The monoisotopic (exact) mass is 421 g/mol. The Hall–Kier alpha value is -3.03. The number of nitrogens with zero attached hydrogens (tertiary/aromatic N) is 3. The third-order valence-electron chi connectivity index (χ3n) is 6.97. The van der Waals surface area contributed by atoms with E-state index < -0.39 is 0 Å². The number of hydrogen-bond donors (Lipinski definition) is 2. The van der Waals surface area contributed by atoms with Crippen LogP contribution in [0.4, 0.5) is 0 Å². The van der Waals surface area contributed by atoms with E-state index >= 15 is 0 Å². The van der Waals surface area contributed by atoms with Crippen LogP contribution in [0.15, 0.2) is 30.6 Å². The molecule has 31 heavy (non-hydrogen) atoms. The quantitative estimate of drug-likeness (QED) is 0.768. The second-order valence-electron chi connectivity index (χ2n) is 9.54. The number of aromatic nitrogens is 3. The third kappa shape index (κ3) is 3.75. The molecule has 4 aliphatic rings. The Morgan fingerprint density at radius 1 is 0.968 bits per heavy atom. The largest absolute Gasteiger partial charge is 0.481 e. The summed E-state index contributed by atoms with van der Waals surface area (Å²) in [5.74, 6) is 1.02. The lowest BCUT2D eigenvalue weighted by atomic mass is 9.49. The Labute approximate surface area is 181 Å². The van der Waals surface area contributed by atoms with Gasteiger partial charge < -0.3 is 15.4 Å². The number of ether oxygens (including phenoxy) is 1. The van der Waals surface area contributed by atoms with Crippen molar-refractivity contribution in [2.24, 2.45) is 11.8 Å². The van der Waals surface area contributed by atoms with E-state index in [1.54, 1.807) is 24.4 Å². The number of pyridine rings is 1. The second-order valence-corrected chi connectivity index (χ2v) is 9.54. The van der Waals surface area contributed by atoms with Gasteiger partial charge in [0.05, 0.1) is 19.0 Å². The number of hydrogen-bond acceptors (Lipinski definition) is 6. The number of carbonyl (C=O) groups is 2. The molecule has 0 aromatic carbocycles. The first kappa shape index (κ1) is 19.9. The SMILES string of the molecule is COc1cccc(C(=O)NC23CC4CC(CC(NC(=O)c5cncc(C)n5)(C4)C2)C3)n1. The zero-order valence-corrected chi connectivity index (χ0v) is 17.9. The zero-order valence-electron chi connectivity index (χ0n) is 17.9. The molecule has 4 bridgehead atoms. The average Bonchev–Trinajstić information content (AvgIpc) is 2.72. The van der Waals surface area contributed by atoms with E-state index in [1.807, 2.05) is 6.92 Å². The van der Waals surface area contributed by atoms with E-state index in [-0.39, 0.29) is 22.9 Å². The second kappa shape index (κ2) is 7.28. The molecule has 0 radical (unpaired) electrons. The number of aryl methyl sites for hydroxylation is 1. The first-order valence-electron chi connectivity index (χ1n) is 10.8. The van der Waals surface area contributed by atoms with Crippen molar-refractivity contribution < 1.29 is 14.3 Å². The summed E-state index contributed by atoms with van der Waals surface area (Å²) in [6.07, 6.45) is 8.83. The summed E-state index contributed by atoms with van der Waals surface area (Å²) in [4.78, 5) is 38.7. The summed E-state index contributed by atoms with van der Waals surface area (Å²) in [7, 11) is 1.54. The maximum Gasteiger partial charge on any atom is 0.271 e. The van der Waals surface area contributed by atoms with Gasteiger partial charge in [0.1, 0.15) is 11.4 Å². The minimum absolute atomic E-state index is 0.186. The van der Waals surface area contributed by atoms with Crippen molar-refractivity contribution >= 4 is 11.8 Å². The average molecular weight is 422 g/mol. The molecule has 8 nitrogen and oxygen atoms in total. The fourth-order valence-corrected chi connectivity index (χ4v) is 6.39. The summed E-state index contributed by atoms with van der Waals surface area (Å²) < 4.78 is 5.16. The highest BCUT2D eigenvalue weighted by molar-refractivity contribution is 5.93. The van der Waals surface area contributed by atoms with Gasteiger partial charge in [-0.3, -0.25) is 14.6 Å². The molecule has 2 atom stereocenters. The van der Waals surface area contributed by atoms with Crippen LogP contribution in [-0.4, -0.2) is 45.0 Å². The number of methoxy groups -OCH3 is 1. The van der Waals surface area contributed by atoms with Crippen LogP contribution < -0.4 is 15.4 Å². The Bertz CT molecular complexity index is 1030. The smallest absolute Gasteiger partial charge is 0.271 e. The predicted molar refractivity (Wildman–Crippen MR) is 113 cm³/mol. The van der Waals surface area contributed by atoms with E-state index in [1.165, 1.54) is 13.3 Å². The van der Waals surface area contributed by atoms with Crippen LogP contribution in [0, 0.1) is 18.8 Å². The lowest BCUT2D eigenvalue weighted by Crippen LogP contribution is -2.70. The minimum Gasteiger partial charge on any atom is -0.481 e. The number of carbonyl (C=O) groups excluding carboxylic acids is 2. The third-order valence-corrected chi connectivity index (χ3v) is 6.97. The van der Waals surface area contributed by atoms with Crippen LogP contribution in [-0.2, 0) is 0 Å². The van der Waals surface area contributed by atoms with E-state index in [0.29, 0.717) is 34.8 Å². The molecule has 4 fully saturated rings. The van der Waals surface area contributed by atoms with E-state index in [9.17, 15) is 9.59 Å². The van der Waals surface area contributed by atoms with Crippen LogP contribution in [0.25, 0.3) is 0 Å². The fourth-order valence-electron chi connectivity index (χ4n) is 6.39. The summed E-state index contributed by atoms with van der Waals surface area (Å²) in [5.41, 5.74) is 0.768. The highest BCUT2D eigenvalue weighted by atomic mass is 16.5. The maximum absolute atomic E-state index is 13.0. The molecule has 6 rings (SSSR count). The first-order chi connectivity index (χ1) is 14.9. The molecule has 8 heteroatoms. The Morgan fingerprint density at radius 2 is 1.61 bits per heavy atom. The first-order valence-corrected chi connectivity index (χ1v) is 10.8. The molecule has 4 aliphatic carbocycles. The van der Waals surface area contributed by atoms with Crippen molar-refractivity contribution in [2.75, 3.05) is 7.11 Å². The number of rotatable bonds is 5. The van der Waals surface area contributed by atoms with Gasteiger partial charge in [0.15, 0.2) is 0 Å². The van der Waals surface area contributed by atoms with Crippen LogP contribution in [0.2, 0.25) is 0 Å².